The van der Waals surface area contributed by atoms with Crippen molar-refractivity contribution in [2.75, 3.05) is 6.61 Å². The highest BCUT2D eigenvalue weighted by atomic mass is 19.1. The third-order valence-corrected chi connectivity index (χ3v) is 3.81. The predicted octanol–water partition coefficient (Wildman–Crippen LogP) is 3.15. The van der Waals surface area contributed by atoms with Gasteiger partial charge in [-0.15, -0.1) is 0 Å². The molecule has 1 aliphatic heterocycles. The summed E-state index contributed by atoms with van der Waals surface area (Å²) in [5.41, 5.74) is 9.08. The van der Waals surface area contributed by atoms with Crippen molar-refractivity contribution < 1.29 is 13.5 Å². The van der Waals surface area contributed by atoms with Crippen LogP contribution in [0.2, 0.25) is 0 Å². The summed E-state index contributed by atoms with van der Waals surface area (Å²) in [7, 11) is 0. The molecule has 1 aliphatic rings. The number of hydrogen-bond donors (Lipinski definition) is 1. The monoisotopic (exact) mass is 289 g/mol. The minimum Gasteiger partial charge on any atom is -0.372 e. The van der Waals surface area contributed by atoms with E-state index in [0.29, 0.717) is 18.6 Å². The molecule has 0 radical (unpaired) electrons. The lowest BCUT2D eigenvalue weighted by Crippen LogP contribution is -2.35. The molecule has 0 amide bonds. The smallest absolute Gasteiger partial charge is 0.126 e. The Kier molecular flexibility index (Phi) is 3.99. The van der Waals surface area contributed by atoms with Crippen molar-refractivity contribution >= 4 is 0 Å². The summed E-state index contributed by atoms with van der Waals surface area (Å²) >= 11 is 0. The number of benzene rings is 2. The van der Waals surface area contributed by atoms with E-state index in [1.165, 1.54) is 17.7 Å². The molecule has 0 aromatic heterocycles. The normalized spacial score (nSPS) is 19.1. The largest absolute Gasteiger partial charge is 0.372 e. The minimum absolute atomic E-state index is 0.235. The van der Waals surface area contributed by atoms with Gasteiger partial charge in [0, 0.05) is 12.1 Å². The molecular formula is C17H17F2NO. The van der Waals surface area contributed by atoms with E-state index < -0.39 is 11.6 Å². The number of nitrogens with two attached hydrogens (primary N) is 1. The molecule has 2 aromatic carbocycles. The molecule has 0 saturated heterocycles. The highest BCUT2D eigenvalue weighted by molar-refractivity contribution is 5.32. The molecule has 2 nitrogen and oxygen atoms in total. The van der Waals surface area contributed by atoms with Crippen molar-refractivity contribution in [1.82, 2.24) is 0 Å². The fraction of sp³-hybridized carbons (Fsp3) is 0.294. The van der Waals surface area contributed by atoms with Crippen LogP contribution in [0.25, 0.3) is 0 Å². The summed E-state index contributed by atoms with van der Waals surface area (Å²) in [6.45, 7) is 0.618. The summed E-state index contributed by atoms with van der Waals surface area (Å²) in [6.07, 6.45) is 1.00. The second-order valence-electron chi connectivity index (χ2n) is 5.39. The Hall–Kier alpha value is -1.78. The summed E-state index contributed by atoms with van der Waals surface area (Å²) < 4.78 is 32.3. The van der Waals surface area contributed by atoms with Crippen LogP contribution >= 0.6 is 0 Å². The number of halogens is 2. The molecule has 2 aromatic rings. The summed E-state index contributed by atoms with van der Waals surface area (Å²) in [5, 5.41) is 0. The van der Waals surface area contributed by atoms with Gasteiger partial charge in [-0.2, -0.15) is 0 Å². The molecule has 2 atom stereocenters. The third kappa shape index (κ3) is 3.12. The minimum atomic E-state index is -0.581. The van der Waals surface area contributed by atoms with Gasteiger partial charge in [0.25, 0.3) is 0 Å². The predicted molar refractivity (Wildman–Crippen MR) is 76.9 cm³/mol. The lowest BCUT2D eigenvalue weighted by atomic mass is 9.91. The maximum Gasteiger partial charge on any atom is 0.126 e. The van der Waals surface area contributed by atoms with Gasteiger partial charge in [-0.3, -0.25) is 0 Å². The Morgan fingerprint density at radius 1 is 1.14 bits per heavy atom. The number of rotatable bonds is 3. The first kappa shape index (κ1) is 14.2. The lowest BCUT2D eigenvalue weighted by Gasteiger charge is -2.30. The van der Waals surface area contributed by atoms with Crippen LogP contribution in [0.15, 0.2) is 42.5 Å². The van der Waals surface area contributed by atoms with Crippen LogP contribution in [0, 0.1) is 11.6 Å². The number of ether oxygens (including phenoxy) is 1. The molecule has 0 aliphatic carbocycles. The highest BCUT2D eigenvalue weighted by Gasteiger charge is 2.26. The Bertz CT molecular complexity index is 624. The van der Waals surface area contributed by atoms with E-state index >= 15 is 0 Å². The Labute approximate surface area is 122 Å². The Balaban J connectivity index is 1.81. The van der Waals surface area contributed by atoms with Gasteiger partial charge < -0.3 is 10.5 Å². The second kappa shape index (κ2) is 5.92. The summed E-state index contributed by atoms with van der Waals surface area (Å²) in [6, 6.07) is 11.2. The molecule has 110 valence electrons. The van der Waals surface area contributed by atoms with Crippen LogP contribution in [0.1, 0.15) is 22.8 Å². The van der Waals surface area contributed by atoms with Crippen LogP contribution in [-0.4, -0.2) is 12.6 Å². The lowest BCUT2D eigenvalue weighted by molar-refractivity contribution is 0.0246. The van der Waals surface area contributed by atoms with E-state index in [-0.39, 0.29) is 12.1 Å². The first-order chi connectivity index (χ1) is 10.1. The average molecular weight is 289 g/mol. The van der Waals surface area contributed by atoms with E-state index in [9.17, 15) is 8.78 Å². The quantitative estimate of drug-likeness (QED) is 0.942. The van der Waals surface area contributed by atoms with Crippen molar-refractivity contribution in [3.8, 4) is 0 Å². The first-order valence-corrected chi connectivity index (χ1v) is 7.03. The Morgan fingerprint density at radius 2 is 1.86 bits per heavy atom. The van der Waals surface area contributed by atoms with Crippen LogP contribution in [0.4, 0.5) is 8.78 Å². The van der Waals surface area contributed by atoms with Crippen LogP contribution < -0.4 is 5.73 Å². The molecule has 0 bridgehead atoms. The zero-order chi connectivity index (χ0) is 14.8. The number of fused-ring (bicyclic) bond motifs is 1. The van der Waals surface area contributed by atoms with Crippen molar-refractivity contribution in [2.45, 2.75) is 25.0 Å². The van der Waals surface area contributed by atoms with Crippen molar-refractivity contribution in [1.29, 1.82) is 0 Å². The topological polar surface area (TPSA) is 35.2 Å². The van der Waals surface area contributed by atoms with Crippen LogP contribution in [-0.2, 0) is 17.6 Å². The highest BCUT2D eigenvalue weighted by Crippen LogP contribution is 2.30. The average Bonchev–Trinajstić information content (AvgIpc) is 2.45. The standard InChI is InChI=1S/C17H17F2NO/c18-13-7-11(8-14(19)10-13)9-16(20)17-15-4-2-1-3-12(15)5-6-21-17/h1-4,7-8,10,16-17H,5-6,9,20H2. The van der Waals surface area contributed by atoms with Gasteiger partial charge in [0.2, 0.25) is 0 Å². The number of hydrogen-bond acceptors (Lipinski definition) is 2. The fourth-order valence-corrected chi connectivity index (χ4v) is 2.89. The van der Waals surface area contributed by atoms with Crippen LogP contribution in [0.3, 0.4) is 0 Å². The maximum atomic E-state index is 13.2. The molecule has 0 fully saturated rings. The third-order valence-electron chi connectivity index (χ3n) is 3.81. The first-order valence-electron chi connectivity index (χ1n) is 7.03. The van der Waals surface area contributed by atoms with E-state index in [2.05, 4.69) is 6.07 Å². The molecule has 1 heterocycles. The SMILES string of the molecule is NC(Cc1cc(F)cc(F)c1)C1OCCc2ccccc21. The Morgan fingerprint density at radius 3 is 2.62 bits per heavy atom. The molecule has 2 N–H and O–H groups in total. The second-order valence-corrected chi connectivity index (χ2v) is 5.39. The van der Waals surface area contributed by atoms with E-state index in [1.54, 1.807) is 0 Å². The van der Waals surface area contributed by atoms with Gasteiger partial charge >= 0.3 is 0 Å². The van der Waals surface area contributed by atoms with Gasteiger partial charge in [0.15, 0.2) is 0 Å². The van der Waals surface area contributed by atoms with Gasteiger partial charge in [0.05, 0.1) is 12.7 Å². The zero-order valence-electron chi connectivity index (χ0n) is 11.6. The fourth-order valence-electron chi connectivity index (χ4n) is 2.89. The molecule has 3 rings (SSSR count). The molecule has 0 spiro atoms. The maximum absolute atomic E-state index is 13.2. The van der Waals surface area contributed by atoms with Gasteiger partial charge in [-0.05, 0) is 41.7 Å². The summed E-state index contributed by atoms with van der Waals surface area (Å²) in [4.78, 5) is 0. The molecule has 4 heteroatoms. The zero-order valence-corrected chi connectivity index (χ0v) is 11.6. The van der Waals surface area contributed by atoms with Gasteiger partial charge in [-0.25, -0.2) is 8.78 Å². The van der Waals surface area contributed by atoms with E-state index in [0.717, 1.165) is 18.1 Å². The van der Waals surface area contributed by atoms with Gasteiger partial charge in [-0.1, -0.05) is 24.3 Å². The van der Waals surface area contributed by atoms with E-state index in [4.69, 9.17) is 10.5 Å². The van der Waals surface area contributed by atoms with Crippen molar-refractivity contribution in [3.63, 3.8) is 0 Å². The van der Waals surface area contributed by atoms with Crippen LogP contribution in [0.5, 0.6) is 0 Å². The molecular weight excluding hydrogens is 272 g/mol. The summed E-state index contributed by atoms with van der Waals surface area (Å²) in [5.74, 6) is -1.16. The molecule has 0 saturated carbocycles. The van der Waals surface area contributed by atoms with Gasteiger partial charge in [0.1, 0.15) is 11.6 Å². The molecule has 21 heavy (non-hydrogen) atoms. The van der Waals surface area contributed by atoms with Crippen molar-refractivity contribution in [3.05, 3.63) is 70.8 Å². The van der Waals surface area contributed by atoms with Crippen molar-refractivity contribution in [2.24, 2.45) is 5.73 Å². The molecule has 2 unspecified atom stereocenters. The van der Waals surface area contributed by atoms with E-state index in [1.807, 2.05) is 18.2 Å².